The van der Waals surface area contributed by atoms with E-state index in [0.29, 0.717) is 0 Å². The monoisotopic (exact) mass is 308 g/mol. The number of benzene rings is 2. The number of allylic oxidation sites excluding steroid dienone is 1. The van der Waals surface area contributed by atoms with Gasteiger partial charge in [-0.3, -0.25) is 0 Å². The molecule has 0 heterocycles. The van der Waals surface area contributed by atoms with Crippen molar-refractivity contribution in [2.75, 3.05) is 0 Å². The molecule has 0 bridgehead atoms. The molecule has 0 saturated heterocycles. The van der Waals surface area contributed by atoms with Crippen LogP contribution in [0.25, 0.3) is 11.1 Å². The topological polar surface area (TPSA) is 20.2 Å². The second-order valence-corrected chi connectivity index (χ2v) is 6.44. The van der Waals surface area contributed by atoms with Gasteiger partial charge in [-0.25, -0.2) is 0 Å². The van der Waals surface area contributed by atoms with Gasteiger partial charge in [0.2, 0.25) is 0 Å². The van der Waals surface area contributed by atoms with Gasteiger partial charge in [-0.2, -0.15) is 0 Å². The Morgan fingerprint density at radius 1 is 1.04 bits per heavy atom. The number of aliphatic hydroxyl groups is 1. The van der Waals surface area contributed by atoms with Gasteiger partial charge in [0, 0.05) is 0 Å². The van der Waals surface area contributed by atoms with Gasteiger partial charge in [0.15, 0.2) is 0 Å². The first-order chi connectivity index (χ1) is 11.2. The van der Waals surface area contributed by atoms with Crippen LogP contribution in [0.3, 0.4) is 0 Å². The minimum Gasteiger partial charge on any atom is -0.393 e. The first kappa shape index (κ1) is 17.5. The zero-order valence-corrected chi connectivity index (χ0v) is 14.1. The summed E-state index contributed by atoms with van der Waals surface area (Å²) in [5, 5.41) is 9.08. The Morgan fingerprint density at radius 3 is 2.35 bits per heavy atom. The standard InChI is InChI=1S/C15H14.C7H14O/c1-2-8-13-11-6-7-12-15(13)14-9-4-3-5-10-14;1-6-3-2-4-7(8)5-6/h2-7,9-12H,1,8H2;6-8H,2-5H2,1H3. The molecule has 2 aromatic rings. The molecule has 2 atom stereocenters. The maximum atomic E-state index is 9.08. The van der Waals surface area contributed by atoms with Crippen molar-refractivity contribution >= 4 is 0 Å². The average molecular weight is 308 g/mol. The molecule has 1 fully saturated rings. The van der Waals surface area contributed by atoms with Crippen LogP contribution < -0.4 is 0 Å². The highest BCUT2D eigenvalue weighted by molar-refractivity contribution is 5.67. The van der Waals surface area contributed by atoms with Gasteiger partial charge in [0.05, 0.1) is 6.10 Å². The number of hydrogen-bond acceptors (Lipinski definition) is 1. The summed E-state index contributed by atoms with van der Waals surface area (Å²) >= 11 is 0. The molecular formula is C22H28O. The Labute approximate surface area is 140 Å². The van der Waals surface area contributed by atoms with Gasteiger partial charge < -0.3 is 5.11 Å². The van der Waals surface area contributed by atoms with Crippen molar-refractivity contribution in [1.29, 1.82) is 0 Å². The van der Waals surface area contributed by atoms with E-state index in [0.717, 1.165) is 25.2 Å². The predicted octanol–water partition coefficient (Wildman–Crippen LogP) is 5.64. The van der Waals surface area contributed by atoms with Gasteiger partial charge in [-0.1, -0.05) is 80.4 Å². The number of hydrogen-bond donors (Lipinski definition) is 1. The molecule has 1 nitrogen and oxygen atoms in total. The largest absolute Gasteiger partial charge is 0.393 e. The zero-order valence-electron chi connectivity index (χ0n) is 14.1. The highest BCUT2D eigenvalue weighted by Gasteiger charge is 2.15. The Morgan fingerprint density at radius 2 is 1.74 bits per heavy atom. The Balaban J connectivity index is 0.000000203. The van der Waals surface area contributed by atoms with E-state index in [-0.39, 0.29) is 6.10 Å². The van der Waals surface area contributed by atoms with Crippen LogP contribution in [0.1, 0.15) is 38.2 Å². The van der Waals surface area contributed by atoms with Crippen molar-refractivity contribution in [3.63, 3.8) is 0 Å². The molecule has 1 saturated carbocycles. The molecule has 1 aliphatic carbocycles. The van der Waals surface area contributed by atoms with Crippen LogP contribution in [0.5, 0.6) is 0 Å². The second kappa shape index (κ2) is 9.32. The second-order valence-electron chi connectivity index (χ2n) is 6.44. The van der Waals surface area contributed by atoms with Gasteiger partial charge in [-0.05, 0) is 41.9 Å². The van der Waals surface area contributed by atoms with Gasteiger partial charge in [0.1, 0.15) is 0 Å². The summed E-state index contributed by atoms with van der Waals surface area (Å²) in [5.74, 6) is 0.763. The Bertz CT molecular complexity index is 580. The molecule has 3 rings (SSSR count). The fourth-order valence-corrected chi connectivity index (χ4v) is 3.16. The van der Waals surface area contributed by atoms with Crippen LogP contribution in [0.2, 0.25) is 0 Å². The summed E-state index contributed by atoms with van der Waals surface area (Å²) in [6, 6.07) is 18.9. The Kier molecular flexibility index (Phi) is 7.09. The molecule has 1 heteroatoms. The Hall–Kier alpha value is -1.86. The fourth-order valence-electron chi connectivity index (χ4n) is 3.16. The summed E-state index contributed by atoms with van der Waals surface area (Å²) < 4.78 is 0. The highest BCUT2D eigenvalue weighted by Crippen LogP contribution is 2.24. The third-order valence-electron chi connectivity index (χ3n) is 4.38. The van der Waals surface area contributed by atoms with E-state index in [1.165, 1.54) is 29.5 Å². The van der Waals surface area contributed by atoms with E-state index in [1.54, 1.807) is 0 Å². The molecule has 122 valence electrons. The zero-order chi connectivity index (χ0) is 16.5. The molecule has 0 aromatic heterocycles. The SMILES string of the molecule is C=CCc1ccccc1-c1ccccc1.CC1CCCC(O)C1. The van der Waals surface area contributed by atoms with E-state index >= 15 is 0 Å². The normalized spacial score (nSPS) is 20.3. The minimum absolute atomic E-state index is 0.0127. The molecule has 0 spiro atoms. The summed E-state index contributed by atoms with van der Waals surface area (Å²) in [5.41, 5.74) is 3.91. The number of aliphatic hydroxyl groups excluding tert-OH is 1. The summed E-state index contributed by atoms with van der Waals surface area (Å²) in [4.78, 5) is 0. The lowest BCUT2D eigenvalue weighted by Crippen LogP contribution is -2.16. The van der Waals surface area contributed by atoms with Crippen molar-refractivity contribution in [2.24, 2.45) is 5.92 Å². The van der Waals surface area contributed by atoms with Crippen molar-refractivity contribution < 1.29 is 5.11 Å². The lowest BCUT2D eigenvalue weighted by atomic mass is 9.89. The van der Waals surface area contributed by atoms with Gasteiger partial charge >= 0.3 is 0 Å². The summed E-state index contributed by atoms with van der Waals surface area (Å²) in [7, 11) is 0. The maximum Gasteiger partial charge on any atom is 0.0542 e. The van der Waals surface area contributed by atoms with Crippen LogP contribution >= 0.6 is 0 Å². The molecule has 0 radical (unpaired) electrons. The van der Waals surface area contributed by atoms with E-state index in [1.807, 2.05) is 12.1 Å². The van der Waals surface area contributed by atoms with Crippen molar-refractivity contribution in [3.8, 4) is 11.1 Å². The first-order valence-corrected chi connectivity index (χ1v) is 8.63. The quantitative estimate of drug-likeness (QED) is 0.727. The molecule has 2 aromatic carbocycles. The fraction of sp³-hybridized carbons (Fsp3) is 0.364. The molecular weight excluding hydrogens is 280 g/mol. The average Bonchev–Trinajstić information content (AvgIpc) is 2.57. The smallest absolute Gasteiger partial charge is 0.0542 e. The molecule has 1 aliphatic rings. The minimum atomic E-state index is 0.0127. The van der Waals surface area contributed by atoms with Crippen LogP contribution in [0.15, 0.2) is 67.3 Å². The lowest BCUT2D eigenvalue weighted by molar-refractivity contribution is 0.106. The van der Waals surface area contributed by atoms with Crippen LogP contribution in [-0.2, 0) is 6.42 Å². The lowest BCUT2D eigenvalue weighted by Gasteiger charge is -2.21. The van der Waals surface area contributed by atoms with E-state index < -0.39 is 0 Å². The molecule has 0 aliphatic heterocycles. The van der Waals surface area contributed by atoms with Crippen molar-refractivity contribution in [1.82, 2.24) is 0 Å². The predicted molar refractivity (Wildman–Crippen MR) is 99.4 cm³/mol. The van der Waals surface area contributed by atoms with E-state index in [2.05, 4.69) is 62.0 Å². The van der Waals surface area contributed by atoms with Crippen LogP contribution in [0, 0.1) is 5.92 Å². The first-order valence-electron chi connectivity index (χ1n) is 8.63. The van der Waals surface area contributed by atoms with Crippen molar-refractivity contribution in [2.45, 2.75) is 45.1 Å². The summed E-state index contributed by atoms with van der Waals surface area (Å²) in [6.45, 7) is 6.00. The summed E-state index contributed by atoms with van der Waals surface area (Å²) in [6.07, 6.45) is 7.48. The molecule has 1 N–H and O–H groups in total. The van der Waals surface area contributed by atoms with E-state index in [4.69, 9.17) is 5.11 Å². The van der Waals surface area contributed by atoms with E-state index in [9.17, 15) is 0 Å². The van der Waals surface area contributed by atoms with Gasteiger partial charge in [0.25, 0.3) is 0 Å². The molecule has 23 heavy (non-hydrogen) atoms. The van der Waals surface area contributed by atoms with Crippen LogP contribution in [-0.4, -0.2) is 11.2 Å². The number of rotatable bonds is 3. The van der Waals surface area contributed by atoms with Gasteiger partial charge in [-0.15, -0.1) is 6.58 Å². The van der Waals surface area contributed by atoms with Crippen molar-refractivity contribution in [3.05, 3.63) is 72.8 Å². The molecule has 2 unspecified atom stereocenters. The molecule has 0 amide bonds. The maximum absolute atomic E-state index is 9.08. The highest BCUT2D eigenvalue weighted by atomic mass is 16.3. The third-order valence-corrected chi connectivity index (χ3v) is 4.38. The third kappa shape index (κ3) is 5.69. The van der Waals surface area contributed by atoms with Crippen LogP contribution in [0.4, 0.5) is 0 Å².